The van der Waals surface area contributed by atoms with E-state index in [2.05, 4.69) is 15.9 Å². The molecule has 112 valence electrons. The van der Waals surface area contributed by atoms with Crippen molar-refractivity contribution >= 4 is 39.1 Å². The molecule has 0 saturated carbocycles. The minimum Gasteiger partial charge on any atom is -0.455 e. The van der Waals surface area contributed by atoms with E-state index >= 15 is 0 Å². The van der Waals surface area contributed by atoms with Crippen LogP contribution < -0.4 is 10.5 Å². The Morgan fingerprint density at radius 1 is 1.19 bits per heavy atom. The maximum absolute atomic E-state index is 13.5. The molecule has 0 aromatic heterocycles. The summed E-state index contributed by atoms with van der Waals surface area (Å²) in [5.41, 5.74) is 6.77. The second-order valence-electron chi connectivity index (χ2n) is 4.74. The van der Waals surface area contributed by atoms with Gasteiger partial charge in [0.15, 0.2) is 0 Å². The van der Waals surface area contributed by atoms with Gasteiger partial charge in [0.1, 0.15) is 17.3 Å². The van der Waals surface area contributed by atoms with Gasteiger partial charge in [-0.3, -0.25) is 0 Å². The number of halogens is 4. The highest BCUT2D eigenvalue weighted by Crippen LogP contribution is 2.36. The number of hydrogen-bond donors (Lipinski definition) is 1. The largest absolute Gasteiger partial charge is 0.455 e. The van der Waals surface area contributed by atoms with Crippen molar-refractivity contribution in [3.8, 4) is 11.5 Å². The fraction of sp³-hybridized carbons (Fsp3) is 0.200. The van der Waals surface area contributed by atoms with Crippen LogP contribution in [0.3, 0.4) is 0 Å². The summed E-state index contributed by atoms with van der Waals surface area (Å²) in [6.45, 7) is 1.92. The maximum atomic E-state index is 13.5. The fourth-order valence-electron chi connectivity index (χ4n) is 1.83. The van der Waals surface area contributed by atoms with Crippen LogP contribution in [0.2, 0.25) is 10.0 Å². The first kappa shape index (κ1) is 16.6. The average Bonchev–Trinajstić information content (AvgIpc) is 2.38. The molecule has 6 heteroatoms. The zero-order chi connectivity index (χ0) is 15.6. The standard InChI is InChI=1S/C15H13BrCl2FNO/c1-8(20)4-9-2-3-14(12(18)5-9)21-15-7-13(19)11(17)6-10(15)16/h2-3,5-8H,4,20H2,1H3. The number of rotatable bonds is 4. The molecule has 2 N–H and O–H groups in total. The predicted molar refractivity (Wildman–Crippen MR) is 88.0 cm³/mol. The first-order chi connectivity index (χ1) is 9.86. The van der Waals surface area contributed by atoms with E-state index in [4.69, 9.17) is 33.7 Å². The van der Waals surface area contributed by atoms with Crippen LogP contribution in [0.1, 0.15) is 12.5 Å². The Morgan fingerprint density at radius 2 is 1.90 bits per heavy atom. The van der Waals surface area contributed by atoms with Gasteiger partial charge in [-0.1, -0.05) is 29.3 Å². The lowest BCUT2D eigenvalue weighted by molar-refractivity contribution is 0.473. The van der Waals surface area contributed by atoms with Crippen LogP contribution in [0, 0.1) is 5.82 Å². The predicted octanol–water partition coefficient (Wildman–Crippen LogP) is 5.58. The summed E-state index contributed by atoms with van der Waals surface area (Å²) >= 11 is 15.2. The first-order valence-corrected chi connectivity index (χ1v) is 7.78. The van der Waals surface area contributed by atoms with Crippen LogP contribution in [0.4, 0.5) is 4.39 Å². The van der Waals surface area contributed by atoms with Crippen molar-refractivity contribution in [3.63, 3.8) is 0 Å². The third-order valence-electron chi connectivity index (χ3n) is 2.75. The van der Waals surface area contributed by atoms with Gasteiger partial charge in [-0.25, -0.2) is 4.39 Å². The van der Waals surface area contributed by atoms with Crippen molar-refractivity contribution < 1.29 is 9.13 Å². The molecule has 0 radical (unpaired) electrons. The van der Waals surface area contributed by atoms with Gasteiger partial charge < -0.3 is 10.5 Å². The minimum atomic E-state index is -0.556. The van der Waals surface area contributed by atoms with E-state index in [0.29, 0.717) is 21.0 Å². The highest BCUT2D eigenvalue weighted by Gasteiger charge is 2.11. The van der Waals surface area contributed by atoms with Crippen molar-refractivity contribution in [2.24, 2.45) is 5.73 Å². The topological polar surface area (TPSA) is 35.2 Å². The van der Waals surface area contributed by atoms with Crippen LogP contribution in [-0.2, 0) is 6.42 Å². The Bertz CT molecular complexity index is 664. The van der Waals surface area contributed by atoms with E-state index in [1.807, 2.05) is 13.0 Å². The normalized spacial score (nSPS) is 12.3. The van der Waals surface area contributed by atoms with Crippen LogP contribution in [0.15, 0.2) is 34.8 Å². The lowest BCUT2D eigenvalue weighted by Gasteiger charge is -2.12. The quantitative estimate of drug-likeness (QED) is 0.689. The third-order valence-corrected chi connectivity index (χ3v) is 3.95. The monoisotopic (exact) mass is 391 g/mol. The average molecular weight is 393 g/mol. The molecule has 2 nitrogen and oxygen atoms in total. The molecule has 0 aliphatic heterocycles. The molecule has 0 spiro atoms. The second kappa shape index (κ2) is 6.97. The number of benzene rings is 2. The molecule has 1 atom stereocenters. The summed E-state index contributed by atoms with van der Waals surface area (Å²) in [4.78, 5) is 0. The molecule has 0 bridgehead atoms. The van der Waals surface area contributed by atoms with Crippen molar-refractivity contribution in [2.45, 2.75) is 19.4 Å². The molecule has 0 heterocycles. The summed E-state index contributed by atoms with van der Waals surface area (Å²) in [5, 5.41) is 0.461. The van der Waals surface area contributed by atoms with Crippen molar-refractivity contribution in [1.82, 2.24) is 0 Å². The summed E-state index contributed by atoms with van der Waals surface area (Å²) in [5.74, 6) is 0.186. The van der Waals surface area contributed by atoms with Gasteiger partial charge in [-0.2, -0.15) is 0 Å². The van der Waals surface area contributed by atoms with Crippen LogP contribution in [0.5, 0.6) is 11.5 Å². The molecule has 0 aliphatic carbocycles. The van der Waals surface area contributed by atoms with E-state index in [9.17, 15) is 4.39 Å². The van der Waals surface area contributed by atoms with Gasteiger partial charge in [0.05, 0.1) is 14.5 Å². The molecular weight excluding hydrogens is 380 g/mol. The molecule has 2 aromatic rings. The molecule has 2 aromatic carbocycles. The highest BCUT2D eigenvalue weighted by atomic mass is 79.9. The van der Waals surface area contributed by atoms with E-state index in [0.717, 1.165) is 12.0 Å². The summed E-state index contributed by atoms with van der Waals surface area (Å²) in [7, 11) is 0. The smallest absolute Gasteiger partial charge is 0.146 e. The summed E-state index contributed by atoms with van der Waals surface area (Å²) in [6.07, 6.45) is 0.721. The SMILES string of the molecule is CC(N)Cc1ccc(Oc2cc(F)c(Cl)cc2Br)c(Cl)c1. The Hall–Kier alpha value is -0.810. The van der Waals surface area contributed by atoms with E-state index < -0.39 is 5.82 Å². The van der Waals surface area contributed by atoms with E-state index in [1.165, 1.54) is 12.1 Å². The van der Waals surface area contributed by atoms with Crippen molar-refractivity contribution in [3.05, 3.63) is 56.2 Å². The molecule has 21 heavy (non-hydrogen) atoms. The Labute approximate surface area is 141 Å². The zero-order valence-electron chi connectivity index (χ0n) is 11.2. The maximum Gasteiger partial charge on any atom is 0.146 e. The van der Waals surface area contributed by atoms with Crippen molar-refractivity contribution in [2.75, 3.05) is 0 Å². The van der Waals surface area contributed by atoms with E-state index in [-0.39, 0.29) is 11.1 Å². The van der Waals surface area contributed by atoms with E-state index in [1.54, 1.807) is 12.1 Å². The third kappa shape index (κ3) is 4.33. The lowest BCUT2D eigenvalue weighted by atomic mass is 10.1. The van der Waals surface area contributed by atoms with Gasteiger partial charge in [0.25, 0.3) is 0 Å². The van der Waals surface area contributed by atoms with Gasteiger partial charge in [0.2, 0.25) is 0 Å². The molecule has 0 fully saturated rings. The zero-order valence-corrected chi connectivity index (χ0v) is 14.3. The van der Waals surface area contributed by atoms with Crippen molar-refractivity contribution in [1.29, 1.82) is 0 Å². The van der Waals surface area contributed by atoms with Gasteiger partial charge >= 0.3 is 0 Å². The molecule has 0 aliphatic rings. The van der Waals surface area contributed by atoms with Gasteiger partial charge in [0, 0.05) is 12.1 Å². The second-order valence-corrected chi connectivity index (χ2v) is 6.41. The van der Waals surface area contributed by atoms with Crippen LogP contribution >= 0.6 is 39.1 Å². The molecule has 0 amide bonds. The molecule has 2 rings (SSSR count). The molecular formula is C15H13BrCl2FNO. The first-order valence-electron chi connectivity index (χ1n) is 6.23. The van der Waals surface area contributed by atoms with Crippen LogP contribution in [-0.4, -0.2) is 6.04 Å². The minimum absolute atomic E-state index is 0.0209. The molecule has 1 unspecified atom stereocenters. The van der Waals surface area contributed by atoms with Crippen LogP contribution in [0.25, 0.3) is 0 Å². The summed E-state index contributed by atoms with van der Waals surface area (Å²) < 4.78 is 19.7. The Morgan fingerprint density at radius 3 is 2.52 bits per heavy atom. The number of ether oxygens (including phenoxy) is 1. The number of hydrogen-bond acceptors (Lipinski definition) is 2. The number of nitrogens with two attached hydrogens (primary N) is 1. The van der Waals surface area contributed by atoms with Gasteiger partial charge in [-0.15, -0.1) is 0 Å². The Balaban J connectivity index is 2.26. The lowest BCUT2D eigenvalue weighted by Crippen LogP contribution is -2.17. The summed E-state index contributed by atoms with van der Waals surface area (Å²) in [6, 6.07) is 8.10. The Kier molecular flexibility index (Phi) is 5.49. The van der Waals surface area contributed by atoms with Gasteiger partial charge in [-0.05, 0) is 53.0 Å². The fourth-order valence-corrected chi connectivity index (χ4v) is 2.79. The highest BCUT2D eigenvalue weighted by molar-refractivity contribution is 9.10. The molecule has 0 saturated heterocycles.